The highest BCUT2D eigenvalue weighted by Crippen LogP contribution is 2.05. The molecule has 0 bridgehead atoms. The standard InChI is InChI=1S/C11H12O2.C2H6/c1-3-7-13-11(12)10-6-4-5-9(2)8-10;1-2/h3-6,8H,1,7H2,2H3;1-2H3. The van der Waals surface area contributed by atoms with Crippen LogP contribution in [0.4, 0.5) is 0 Å². The SMILES string of the molecule is C=CCOC(=O)c1cccc(C)c1.CC. The Hall–Kier alpha value is -1.57. The molecule has 0 aliphatic rings. The number of esters is 1. The van der Waals surface area contributed by atoms with Crippen molar-refractivity contribution in [2.45, 2.75) is 20.8 Å². The Bertz CT molecular complexity index is 316. The highest BCUT2D eigenvalue weighted by atomic mass is 16.5. The predicted octanol–water partition coefficient (Wildman–Crippen LogP) is 3.36. The number of ether oxygens (including phenoxy) is 1. The maximum Gasteiger partial charge on any atom is 0.338 e. The van der Waals surface area contributed by atoms with E-state index in [1.54, 1.807) is 18.2 Å². The highest BCUT2D eigenvalue weighted by Gasteiger charge is 2.04. The Morgan fingerprint density at radius 1 is 1.47 bits per heavy atom. The lowest BCUT2D eigenvalue weighted by Gasteiger charge is -2.01. The van der Waals surface area contributed by atoms with Crippen molar-refractivity contribution in [3.8, 4) is 0 Å². The van der Waals surface area contributed by atoms with Gasteiger partial charge in [-0.2, -0.15) is 0 Å². The van der Waals surface area contributed by atoms with E-state index in [4.69, 9.17) is 4.74 Å². The van der Waals surface area contributed by atoms with E-state index < -0.39 is 0 Å². The molecule has 0 fully saturated rings. The lowest BCUT2D eigenvalue weighted by atomic mass is 10.1. The van der Waals surface area contributed by atoms with Gasteiger partial charge in [-0.05, 0) is 19.1 Å². The van der Waals surface area contributed by atoms with Crippen molar-refractivity contribution in [3.05, 3.63) is 48.0 Å². The lowest BCUT2D eigenvalue weighted by Crippen LogP contribution is -2.04. The Morgan fingerprint density at radius 2 is 2.13 bits per heavy atom. The zero-order valence-corrected chi connectivity index (χ0v) is 9.62. The number of rotatable bonds is 3. The van der Waals surface area contributed by atoms with Crippen LogP contribution in [0.5, 0.6) is 0 Å². The van der Waals surface area contributed by atoms with E-state index in [2.05, 4.69) is 6.58 Å². The third-order valence-corrected chi connectivity index (χ3v) is 1.59. The highest BCUT2D eigenvalue weighted by molar-refractivity contribution is 5.89. The molecule has 2 heteroatoms. The summed E-state index contributed by atoms with van der Waals surface area (Å²) in [6.45, 7) is 9.66. The molecule has 0 unspecified atom stereocenters. The first-order valence-corrected chi connectivity index (χ1v) is 5.08. The quantitative estimate of drug-likeness (QED) is 0.560. The van der Waals surface area contributed by atoms with Crippen LogP contribution < -0.4 is 0 Å². The van der Waals surface area contributed by atoms with Gasteiger partial charge >= 0.3 is 5.97 Å². The van der Waals surface area contributed by atoms with Crippen LogP contribution in [0.15, 0.2) is 36.9 Å². The normalized spacial score (nSPS) is 8.47. The molecule has 82 valence electrons. The first-order valence-electron chi connectivity index (χ1n) is 5.08. The second kappa shape index (κ2) is 7.80. The molecule has 0 saturated heterocycles. The van der Waals surface area contributed by atoms with Crippen LogP contribution in [0.2, 0.25) is 0 Å². The molecule has 0 amide bonds. The van der Waals surface area contributed by atoms with Gasteiger partial charge in [0.2, 0.25) is 0 Å². The van der Waals surface area contributed by atoms with Gasteiger partial charge in [0.25, 0.3) is 0 Å². The summed E-state index contributed by atoms with van der Waals surface area (Å²) < 4.78 is 4.88. The van der Waals surface area contributed by atoms with Crippen LogP contribution in [-0.2, 0) is 4.74 Å². The Labute approximate surface area is 91.6 Å². The van der Waals surface area contributed by atoms with Crippen molar-refractivity contribution >= 4 is 5.97 Å². The van der Waals surface area contributed by atoms with Crippen molar-refractivity contribution in [1.29, 1.82) is 0 Å². The first-order chi connectivity index (χ1) is 7.24. The third kappa shape index (κ3) is 5.01. The largest absolute Gasteiger partial charge is 0.458 e. The van der Waals surface area contributed by atoms with Gasteiger partial charge in [-0.1, -0.05) is 44.2 Å². The molecule has 0 heterocycles. The molecule has 2 nitrogen and oxygen atoms in total. The Morgan fingerprint density at radius 3 is 2.67 bits per heavy atom. The van der Waals surface area contributed by atoms with E-state index >= 15 is 0 Å². The van der Waals surface area contributed by atoms with Crippen LogP contribution in [0, 0.1) is 6.92 Å². The van der Waals surface area contributed by atoms with E-state index in [-0.39, 0.29) is 12.6 Å². The summed E-state index contributed by atoms with van der Waals surface area (Å²) >= 11 is 0. The summed E-state index contributed by atoms with van der Waals surface area (Å²) in [5, 5.41) is 0. The number of carbonyl (C=O) groups is 1. The summed E-state index contributed by atoms with van der Waals surface area (Å²) in [7, 11) is 0. The van der Waals surface area contributed by atoms with Crippen LogP contribution in [0.25, 0.3) is 0 Å². The minimum Gasteiger partial charge on any atom is -0.458 e. The van der Waals surface area contributed by atoms with Gasteiger partial charge in [0.15, 0.2) is 0 Å². The van der Waals surface area contributed by atoms with Gasteiger partial charge in [0.05, 0.1) is 5.56 Å². The molecule has 0 aliphatic heterocycles. The molecule has 0 spiro atoms. The summed E-state index contributed by atoms with van der Waals surface area (Å²) in [6, 6.07) is 7.30. The predicted molar refractivity (Wildman–Crippen MR) is 63.0 cm³/mol. The molecule has 0 saturated carbocycles. The fourth-order valence-electron chi connectivity index (χ4n) is 0.990. The van der Waals surface area contributed by atoms with Gasteiger partial charge in [0.1, 0.15) is 6.61 Å². The van der Waals surface area contributed by atoms with E-state index in [1.165, 1.54) is 0 Å². The van der Waals surface area contributed by atoms with Gasteiger partial charge in [-0.15, -0.1) is 0 Å². The van der Waals surface area contributed by atoms with Gasteiger partial charge in [0, 0.05) is 0 Å². The number of benzene rings is 1. The van der Waals surface area contributed by atoms with E-state index in [0.717, 1.165) is 5.56 Å². The molecule has 0 radical (unpaired) electrons. The molecule has 1 aromatic rings. The van der Waals surface area contributed by atoms with Gasteiger partial charge in [-0.25, -0.2) is 4.79 Å². The molecule has 1 aromatic carbocycles. The summed E-state index contributed by atoms with van der Waals surface area (Å²) in [5.41, 5.74) is 1.63. The van der Waals surface area contributed by atoms with Crippen LogP contribution in [-0.4, -0.2) is 12.6 Å². The van der Waals surface area contributed by atoms with Crippen molar-refractivity contribution in [3.63, 3.8) is 0 Å². The zero-order chi connectivity index (χ0) is 11.7. The van der Waals surface area contributed by atoms with Gasteiger partial charge in [-0.3, -0.25) is 0 Å². The summed E-state index contributed by atoms with van der Waals surface area (Å²) in [4.78, 5) is 11.3. The van der Waals surface area contributed by atoms with Crippen molar-refractivity contribution in [2.24, 2.45) is 0 Å². The molecule has 1 rings (SSSR count). The molecule has 0 N–H and O–H groups in total. The maximum absolute atomic E-state index is 11.3. The van der Waals surface area contributed by atoms with Crippen LogP contribution >= 0.6 is 0 Å². The summed E-state index contributed by atoms with van der Waals surface area (Å²) in [6.07, 6.45) is 1.55. The monoisotopic (exact) mass is 206 g/mol. The van der Waals surface area contributed by atoms with Crippen LogP contribution in [0.1, 0.15) is 29.8 Å². The maximum atomic E-state index is 11.3. The minimum absolute atomic E-state index is 0.257. The van der Waals surface area contributed by atoms with Crippen LogP contribution in [0.3, 0.4) is 0 Å². The van der Waals surface area contributed by atoms with Crippen molar-refractivity contribution in [1.82, 2.24) is 0 Å². The second-order valence-electron chi connectivity index (χ2n) is 2.76. The first kappa shape index (κ1) is 13.4. The minimum atomic E-state index is -0.302. The lowest BCUT2D eigenvalue weighted by molar-refractivity contribution is 0.0549. The molecule has 0 aromatic heterocycles. The summed E-state index contributed by atoms with van der Waals surface area (Å²) in [5.74, 6) is -0.302. The molecule has 0 atom stereocenters. The number of hydrogen-bond donors (Lipinski definition) is 0. The van der Waals surface area contributed by atoms with E-state index in [1.807, 2.05) is 32.9 Å². The van der Waals surface area contributed by atoms with E-state index in [9.17, 15) is 4.79 Å². The number of hydrogen-bond acceptors (Lipinski definition) is 2. The Balaban J connectivity index is 0.000000921. The fourth-order valence-corrected chi connectivity index (χ4v) is 0.990. The molecule has 15 heavy (non-hydrogen) atoms. The van der Waals surface area contributed by atoms with Crippen molar-refractivity contribution in [2.75, 3.05) is 6.61 Å². The number of aryl methyl sites for hydroxylation is 1. The van der Waals surface area contributed by atoms with E-state index in [0.29, 0.717) is 5.56 Å². The topological polar surface area (TPSA) is 26.3 Å². The molecule has 0 aliphatic carbocycles. The van der Waals surface area contributed by atoms with Crippen molar-refractivity contribution < 1.29 is 9.53 Å². The third-order valence-electron chi connectivity index (χ3n) is 1.59. The fraction of sp³-hybridized carbons (Fsp3) is 0.308. The molecular weight excluding hydrogens is 188 g/mol. The second-order valence-corrected chi connectivity index (χ2v) is 2.76. The van der Waals surface area contributed by atoms with Gasteiger partial charge < -0.3 is 4.74 Å². The Kier molecular flexibility index (Phi) is 6.98. The number of carbonyl (C=O) groups excluding carboxylic acids is 1. The zero-order valence-electron chi connectivity index (χ0n) is 9.62. The average Bonchev–Trinajstić information content (AvgIpc) is 2.28. The smallest absolute Gasteiger partial charge is 0.338 e. The molecular formula is C13H18O2. The average molecular weight is 206 g/mol.